The minimum atomic E-state index is 0.277. The third kappa shape index (κ3) is 1.06. The summed E-state index contributed by atoms with van der Waals surface area (Å²) in [6, 6.07) is 0. The maximum absolute atomic E-state index is 5.67. The molecular weight excluding hydrogens is 291 g/mol. The van der Waals surface area contributed by atoms with Crippen LogP contribution in [0.1, 0.15) is 39.4 Å². The lowest BCUT2D eigenvalue weighted by atomic mass is 10.0. The molecule has 1 aliphatic carbocycles. The fraction of sp³-hybridized carbons (Fsp3) is 0.700. The Morgan fingerprint density at radius 3 is 2.07 bits per heavy atom. The first-order valence-corrected chi connectivity index (χ1v) is 5.78. The maximum Gasteiger partial charge on any atom is 0.180 e. The maximum atomic E-state index is 5.67. The van der Waals surface area contributed by atoms with Gasteiger partial charge in [0, 0.05) is 5.92 Å². The Hall–Kier alpha value is -0.260. The van der Waals surface area contributed by atoms with Crippen molar-refractivity contribution in [2.24, 2.45) is 10.8 Å². The van der Waals surface area contributed by atoms with Crippen LogP contribution < -0.4 is 5.73 Å². The second-order valence-corrected chi connectivity index (χ2v) is 6.20. The van der Waals surface area contributed by atoms with Gasteiger partial charge in [-0.05, 0) is 33.4 Å². The first kappa shape index (κ1) is 10.3. The summed E-state index contributed by atoms with van der Waals surface area (Å²) in [4.78, 5) is 0. The molecule has 3 nitrogen and oxygen atoms in total. The van der Waals surface area contributed by atoms with Crippen LogP contribution in [0.15, 0.2) is 4.52 Å². The van der Waals surface area contributed by atoms with E-state index >= 15 is 0 Å². The van der Waals surface area contributed by atoms with E-state index in [-0.39, 0.29) is 10.8 Å². The Balaban J connectivity index is 2.41. The monoisotopic (exact) mass is 306 g/mol. The summed E-state index contributed by atoms with van der Waals surface area (Å²) in [5, 5.41) is 3.80. The summed E-state index contributed by atoms with van der Waals surface area (Å²) in [7, 11) is 0. The zero-order chi connectivity index (χ0) is 10.7. The first-order valence-electron chi connectivity index (χ1n) is 4.70. The molecular formula is C10H15IN2O. The molecule has 0 amide bonds. The molecule has 0 unspecified atom stereocenters. The third-order valence-corrected chi connectivity index (χ3v) is 5.05. The van der Waals surface area contributed by atoms with Crippen LogP contribution in [-0.2, 0) is 0 Å². The van der Waals surface area contributed by atoms with Gasteiger partial charge in [-0.25, -0.2) is 0 Å². The third-order valence-electron chi connectivity index (χ3n) is 3.97. The molecule has 0 atom stereocenters. The molecule has 1 fully saturated rings. The lowest BCUT2D eigenvalue weighted by molar-refractivity contribution is 0.372. The van der Waals surface area contributed by atoms with Crippen LogP contribution in [0.5, 0.6) is 0 Å². The lowest BCUT2D eigenvalue weighted by Crippen LogP contribution is -1.95. The Morgan fingerprint density at radius 2 is 1.79 bits per heavy atom. The van der Waals surface area contributed by atoms with E-state index < -0.39 is 0 Å². The Kier molecular flexibility index (Phi) is 1.94. The number of nitrogen functional groups attached to an aromatic ring is 1. The van der Waals surface area contributed by atoms with E-state index in [1.54, 1.807) is 0 Å². The van der Waals surface area contributed by atoms with Crippen molar-refractivity contribution in [2.45, 2.75) is 33.6 Å². The van der Waals surface area contributed by atoms with Crippen LogP contribution >= 0.6 is 22.6 Å². The Labute approximate surface area is 97.5 Å². The zero-order valence-corrected chi connectivity index (χ0v) is 11.0. The van der Waals surface area contributed by atoms with Crippen molar-refractivity contribution in [3.05, 3.63) is 9.33 Å². The second kappa shape index (κ2) is 2.65. The molecule has 2 rings (SSSR count). The summed E-state index contributed by atoms with van der Waals surface area (Å²) in [5.41, 5.74) is 6.22. The van der Waals surface area contributed by atoms with E-state index in [2.05, 4.69) is 55.4 Å². The van der Waals surface area contributed by atoms with Gasteiger partial charge in [-0.15, -0.1) is 0 Å². The van der Waals surface area contributed by atoms with E-state index in [4.69, 9.17) is 10.3 Å². The summed E-state index contributed by atoms with van der Waals surface area (Å²) in [6.07, 6.45) is 0. The van der Waals surface area contributed by atoms with Gasteiger partial charge >= 0.3 is 0 Å². The smallest absolute Gasteiger partial charge is 0.180 e. The summed E-state index contributed by atoms with van der Waals surface area (Å²) in [5.74, 6) is 1.91. The molecule has 14 heavy (non-hydrogen) atoms. The van der Waals surface area contributed by atoms with Crippen LogP contribution in [-0.4, -0.2) is 5.16 Å². The van der Waals surface area contributed by atoms with E-state index in [0.717, 1.165) is 9.33 Å². The zero-order valence-electron chi connectivity index (χ0n) is 8.89. The molecule has 2 N–H and O–H groups in total. The van der Waals surface area contributed by atoms with Gasteiger partial charge in [0.1, 0.15) is 0 Å². The number of rotatable bonds is 1. The predicted octanol–water partition coefficient (Wildman–Crippen LogP) is 3.01. The fourth-order valence-corrected chi connectivity index (χ4v) is 2.84. The van der Waals surface area contributed by atoms with Gasteiger partial charge in [0.2, 0.25) is 0 Å². The van der Waals surface area contributed by atoms with Gasteiger partial charge in [-0.1, -0.05) is 32.9 Å². The minimum Gasteiger partial charge on any atom is -0.380 e. The average Bonchev–Trinajstić information content (AvgIpc) is 2.36. The van der Waals surface area contributed by atoms with Gasteiger partial charge < -0.3 is 10.3 Å². The Bertz CT molecular complexity index is 367. The number of hydrogen-bond acceptors (Lipinski definition) is 3. The Morgan fingerprint density at radius 1 is 1.29 bits per heavy atom. The van der Waals surface area contributed by atoms with Gasteiger partial charge in [0.15, 0.2) is 11.6 Å². The normalized spacial score (nSPS) is 23.8. The van der Waals surface area contributed by atoms with Crippen LogP contribution in [0.3, 0.4) is 0 Å². The van der Waals surface area contributed by atoms with Crippen molar-refractivity contribution in [3.63, 3.8) is 0 Å². The lowest BCUT2D eigenvalue weighted by Gasteiger charge is -2.03. The molecule has 0 saturated heterocycles. The SMILES string of the molecule is CC1(C)C(c2onc(N)c2I)C1(C)C. The molecule has 0 spiro atoms. The molecule has 0 aromatic carbocycles. The topological polar surface area (TPSA) is 52.0 Å². The van der Waals surface area contributed by atoms with Gasteiger partial charge in [0.25, 0.3) is 0 Å². The number of anilines is 1. The average molecular weight is 306 g/mol. The van der Waals surface area contributed by atoms with Gasteiger partial charge in [-0.2, -0.15) is 0 Å². The molecule has 1 aliphatic rings. The summed E-state index contributed by atoms with van der Waals surface area (Å²) in [6.45, 7) is 9.03. The molecule has 1 saturated carbocycles. The van der Waals surface area contributed by atoms with E-state index in [1.807, 2.05) is 0 Å². The van der Waals surface area contributed by atoms with Crippen LogP contribution in [0.2, 0.25) is 0 Å². The molecule has 1 aromatic heterocycles. The summed E-state index contributed by atoms with van der Waals surface area (Å²) < 4.78 is 6.29. The highest BCUT2D eigenvalue weighted by atomic mass is 127. The largest absolute Gasteiger partial charge is 0.380 e. The van der Waals surface area contributed by atoms with Crippen molar-refractivity contribution >= 4 is 28.4 Å². The van der Waals surface area contributed by atoms with E-state index in [9.17, 15) is 0 Å². The van der Waals surface area contributed by atoms with Crippen molar-refractivity contribution in [1.82, 2.24) is 5.16 Å². The van der Waals surface area contributed by atoms with E-state index in [1.165, 1.54) is 0 Å². The van der Waals surface area contributed by atoms with Crippen LogP contribution in [0, 0.1) is 14.4 Å². The van der Waals surface area contributed by atoms with Crippen molar-refractivity contribution in [1.29, 1.82) is 0 Å². The standard InChI is InChI=1S/C10H15IN2O/c1-9(2)7(10(9,3)4)6-5(11)8(12)13-14-6/h7H,1-4H3,(H2,12,13). The highest BCUT2D eigenvalue weighted by Crippen LogP contribution is 2.74. The first-order chi connectivity index (χ1) is 6.30. The number of aromatic nitrogens is 1. The molecule has 4 heteroatoms. The van der Waals surface area contributed by atoms with Crippen molar-refractivity contribution in [3.8, 4) is 0 Å². The van der Waals surface area contributed by atoms with Crippen LogP contribution in [0.25, 0.3) is 0 Å². The second-order valence-electron chi connectivity index (χ2n) is 5.12. The fourth-order valence-electron chi connectivity index (χ4n) is 2.34. The molecule has 0 aliphatic heterocycles. The number of nitrogens with zero attached hydrogens (tertiary/aromatic N) is 1. The number of hydrogen-bond donors (Lipinski definition) is 1. The number of nitrogens with two attached hydrogens (primary N) is 1. The molecule has 1 aromatic rings. The molecule has 0 bridgehead atoms. The molecule has 0 radical (unpaired) electrons. The summed E-state index contributed by atoms with van der Waals surface area (Å²) >= 11 is 2.21. The van der Waals surface area contributed by atoms with Crippen molar-refractivity contribution < 1.29 is 4.52 Å². The van der Waals surface area contributed by atoms with E-state index in [0.29, 0.717) is 11.7 Å². The highest BCUT2D eigenvalue weighted by Gasteiger charge is 2.67. The van der Waals surface area contributed by atoms with Crippen molar-refractivity contribution in [2.75, 3.05) is 5.73 Å². The van der Waals surface area contributed by atoms with Gasteiger partial charge in [-0.3, -0.25) is 0 Å². The quantitative estimate of drug-likeness (QED) is 0.812. The van der Waals surface area contributed by atoms with Gasteiger partial charge in [0.05, 0.1) is 3.57 Å². The predicted molar refractivity (Wildman–Crippen MR) is 63.9 cm³/mol. The van der Waals surface area contributed by atoms with Crippen LogP contribution in [0.4, 0.5) is 5.82 Å². The minimum absolute atomic E-state index is 0.277. The molecule has 1 heterocycles. The highest BCUT2D eigenvalue weighted by molar-refractivity contribution is 14.1. The number of halogens is 1. The molecule has 78 valence electrons.